The van der Waals surface area contributed by atoms with Crippen LogP contribution in [0.2, 0.25) is 0 Å². The lowest BCUT2D eigenvalue weighted by Crippen LogP contribution is -2.49. The Kier molecular flexibility index (Phi) is 3.80. The zero-order chi connectivity index (χ0) is 16.5. The highest BCUT2D eigenvalue weighted by Crippen LogP contribution is 2.31. The van der Waals surface area contributed by atoms with Gasteiger partial charge in [-0.25, -0.2) is 0 Å². The van der Waals surface area contributed by atoms with Crippen molar-refractivity contribution in [3.8, 4) is 11.1 Å². The van der Waals surface area contributed by atoms with E-state index in [1.54, 1.807) is 4.90 Å². The molecule has 1 aliphatic carbocycles. The molecule has 2 aromatic rings. The van der Waals surface area contributed by atoms with Crippen molar-refractivity contribution in [2.24, 2.45) is 5.92 Å². The molecule has 24 heavy (non-hydrogen) atoms. The van der Waals surface area contributed by atoms with Gasteiger partial charge in [0.25, 0.3) is 5.91 Å². The summed E-state index contributed by atoms with van der Waals surface area (Å²) in [7, 11) is 0. The van der Waals surface area contributed by atoms with Crippen LogP contribution in [0.1, 0.15) is 23.2 Å². The fourth-order valence-corrected chi connectivity index (χ4v) is 2.98. The number of hydrogen-bond acceptors (Lipinski definition) is 3. The number of aromatic nitrogens is 2. The Balaban J connectivity index is 1.46. The van der Waals surface area contributed by atoms with E-state index in [-0.39, 0.29) is 18.4 Å². The Hall–Kier alpha value is -2.63. The predicted molar refractivity (Wildman–Crippen MR) is 89.3 cm³/mol. The van der Waals surface area contributed by atoms with Crippen molar-refractivity contribution in [1.82, 2.24) is 20.0 Å². The van der Waals surface area contributed by atoms with Crippen LogP contribution in [0.4, 0.5) is 0 Å². The van der Waals surface area contributed by atoms with Gasteiger partial charge in [0.05, 0.1) is 12.7 Å². The van der Waals surface area contributed by atoms with Gasteiger partial charge in [-0.05, 0) is 36.5 Å². The average Bonchev–Trinajstić information content (AvgIpc) is 3.29. The maximum absolute atomic E-state index is 12.5. The van der Waals surface area contributed by atoms with E-state index >= 15 is 0 Å². The smallest absolute Gasteiger partial charge is 0.254 e. The van der Waals surface area contributed by atoms with Crippen molar-refractivity contribution in [2.45, 2.75) is 19.4 Å². The summed E-state index contributed by atoms with van der Waals surface area (Å²) in [5.41, 5.74) is 2.72. The minimum atomic E-state index is -0.103. The van der Waals surface area contributed by atoms with Crippen molar-refractivity contribution in [3.63, 3.8) is 0 Å². The third-order valence-corrected chi connectivity index (χ3v) is 4.57. The molecule has 0 unspecified atom stereocenters. The second kappa shape index (κ2) is 6.11. The fraction of sp³-hybridized carbons (Fsp3) is 0.389. The second-order valence-electron chi connectivity index (χ2n) is 6.55. The van der Waals surface area contributed by atoms with Gasteiger partial charge in [-0.2, -0.15) is 5.10 Å². The summed E-state index contributed by atoms with van der Waals surface area (Å²) in [5, 5.41) is 7.14. The van der Waals surface area contributed by atoms with Crippen LogP contribution in [0.3, 0.4) is 0 Å². The topological polar surface area (TPSA) is 67.2 Å². The van der Waals surface area contributed by atoms with Gasteiger partial charge in [0.1, 0.15) is 0 Å². The zero-order valence-corrected chi connectivity index (χ0v) is 13.4. The molecule has 1 aromatic carbocycles. The number of piperazine rings is 1. The first-order chi connectivity index (χ1) is 11.7. The van der Waals surface area contributed by atoms with E-state index in [1.165, 1.54) is 12.8 Å². The average molecular weight is 324 g/mol. The number of hydrogen-bond donors (Lipinski definition) is 1. The molecule has 0 atom stereocenters. The minimum Gasteiger partial charge on any atom is -0.353 e. The second-order valence-corrected chi connectivity index (χ2v) is 6.55. The molecule has 1 aromatic heterocycles. The maximum Gasteiger partial charge on any atom is 0.254 e. The number of benzene rings is 1. The number of nitrogens with zero attached hydrogens (tertiary/aromatic N) is 3. The first-order valence-corrected chi connectivity index (χ1v) is 8.38. The van der Waals surface area contributed by atoms with Gasteiger partial charge in [-0.15, -0.1) is 0 Å². The van der Waals surface area contributed by atoms with Crippen LogP contribution >= 0.6 is 0 Å². The van der Waals surface area contributed by atoms with Gasteiger partial charge in [-0.3, -0.25) is 14.3 Å². The highest BCUT2D eigenvalue weighted by molar-refractivity contribution is 5.97. The van der Waals surface area contributed by atoms with Crippen LogP contribution in [-0.4, -0.2) is 46.1 Å². The molecule has 0 bridgehead atoms. The van der Waals surface area contributed by atoms with Crippen molar-refractivity contribution in [1.29, 1.82) is 0 Å². The molecule has 0 spiro atoms. The molecule has 1 N–H and O–H groups in total. The molecule has 6 heteroatoms. The summed E-state index contributed by atoms with van der Waals surface area (Å²) < 4.78 is 2.00. The van der Waals surface area contributed by atoms with Crippen molar-refractivity contribution >= 4 is 11.8 Å². The molecule has 1 saturated carbocycles. The maximum atomic E-state index is 12.5. The van der Waals surface area contributed by atoms with E-state index in [4.69, 9.17) is 0 Å². The summed E-state index contributed by atoms with van der Waals surface area (Å²) in [6, 6.07) is 7.52. The highest BCUT2D eigenvalue weighted by Gasteiger charge is 2.23. The summed E-state index contributed by atoms with van der Waals surface area (Å²) in [4.78, 5) is 25.5. The molecular weight excluding hydrogens is 304 g/mol. The van der Waals surface area contributed by atoms with Gasteiger partial charge in [-0.1, -0.05) is 12.1 Å². The van der Waals surface area contributed by atoms with Crippen LogP contribution < -0.4 is 5.32 Å². The monoisotopic (exact) mass is 324 g/mol. The van der Waals surface area contributed by atoms with Gasteiger partial charge in [0.2, 0.25) is 5.91 Å². The largest absolute Gasteiger partial charge is 0.353 e. The lowest BCUT2D eigenvalue weighted by molar-refractivity contribution is -0.123. The summed E-state index contributed by atoms with van der Waals surface area (Å²) >= 11 is 0. The first-order valence-electron chi connectivity index (χ1n) is 8.38. The molecule has 1 aliphatic heterocycles. The Morgan fingerprint density at radius 1 is 1.21 bits per heavy atom. The molecule has 2 heterocycles. The van der Waals surface area contributed by atoms with Gasteiger partial charge in [0, 0.05) is 37.0 Å². The number of carbonyl (C=O) groups excluding carboxylic acids is 2. The number of rotatable bonds is 4. The van der Waals surface area contributed by atoms with Crippen LogP contribution in [-0.2, 0) is 11.3 Å². The fourth-order valence-electron chi connectivity index (χ4n) is 2.98. The highest BCUT2D eigenvalue weighted by atomic mass is 16.2. The molecule has 124 valence electrons. The van der Waals surface area contributed by atoms with E-state index in [0.717, 1.165) is 23.6 Å². The van der Waals surface area contributed by atoms with E-state index in [1.807, 2.05) is 35.1 Å². The van der Waals surface area contributed by atoms with Crippen molar-refractivity contribution < 1.29 is 9.59 Å². The molecule has 2 amide bonds. The Morgan fingerprint density at radius 3 is 2.71 bits per heavy atom. The van der Waals surface area contributed by atoms with Crippen molar-refractivity contribution in [2.75, 3.05) is 19.6 Å². The van der Waals surface area contributed by atoms with E-state index in [2.05, 4.69) is 16.6 Å². The molecule has 2 aliphatic rings. The lowest BCUT2D eigenvalue weighted by atomic mass is 10.1. The Bertz CT molecular complexity index is 762. The molecule has 2 fully saturated rings. The zero-order valence-electron chi connectivity index (χ0n) is 13.4. The van der Waals surface area contributed by atoms with Crippen LogP contribution in [0.5, 0.6) is 0 Å². The number of carbonyl (C=O) groups is 2. The summed E-state index contributed by atoms with van der Waals surface area (Å²) in [5.74, 6) is 0.592. The van der Waals surface area contributed by atoms with Gasteiger partial charge >= 0.3 is 0 Å². The SMILES string of the molecule is O=C1CN(C(=O)c2ccc(-c3cnn(CC4CC4)c3)cc2)CCN1. The summed E-state index contributed by atoms with van der Waals surface area (Å²) in [6.07, 6.45) is 6.54. The van der Waals surface area contributed by atoms with E-state index in [9.17, 15) is 9.59 Å². The third-order valence-electron chi connectivity index (χ3n) is 4.57. The predicted octanol–water partition coefficient (Wildman–Crippen LogP) is 1.53. The van der Waals surface area contributed by atoms with E-state index < -0.39 is 0 Å². The van der Waals surface area contributed by atoms with Crippen molar-refractivity contribution in [3.05, 3.63) is 42.2 Å². The number of amides is 2. The first kappa shape index (κ1) is 14.9. The Morgan fingerprint density at radius 2 is 2.00 bits per heavy atom. The third kappa shape index (κ3) is 3.18. The molecular formula is C18H20N4O2. The molecule has 1 saturated heterocycles. The normalized spacial score (nSPS) is 17.7. The minimum absolute atomic E-state index is 0.0965. The summed E-state index contributed by atoms with van der Waals surface area (Å²) in [6.45, 7) is 2.20. The van der Waals surface area contributed by atoms with Gasteiger partial charge in [0.15, 0.2) is 0 Å². The molecule has 0 radical (unpaired) electrons. The molecule has 4 rings (SSSR count). The van der Waals surface area contributed by atoms with Gasteiger partial charge < -0.3 is 10.2 Å². The van der Waals surface area contributed by atoms with Crippen LogP contribution in [0, 0.1) is 5.92 Å². The van der Waals surface area contributed by atoms with E-state index in [0.29, 0.717) is 18.7 Å². The number of nitrogens with one attached hydrogen (secondary N) is 1. The van der Waals surface area contributed by atoms with Crippen LogP contribution in [0.15, 0.2) is 36.7 Å². The standard InChI is InChI=1S/C18H20N4O2/c23-17-12-21(8-7-19-17)18(24)15-5-3-14(4-6-15)16-9-20-22(11-16)10-13-1-2-13/h3-6,9,11,13H,1-2,7-8,10,12H2,(H,19,23). The lowest BCUT2D eigenvalue weighted by Gasteiger charge is -2.26. The van der Waals surface area contributed by atoms with Crippen LogP contribution in [0.25, 0.3) is 11.1 Å². The quantitative estimate of drug-likeness (QED) is 0.927. The Labute approximate surface area is 140 Å². The molecule has 6 nitrogen and oxygen atoms in total.